The summed E-state index contributed by atoms with van der Waals surface area (Å²) in [6.45, 7) is 0. The van der Waals surface area contributed by atoms with Crippen molar-refractivity contribution >= 4 is 27.4 Å². The largest absolute Gasteiger partial charge is 0.293 e. The minimum absolute atomic E-state index is 0.108. The first-order valence-electron chi connectivity index (χ1n) is 9.18. The van der Waals surface area contributed by atoms with Gasteiger partial charge in [0.25, 0.3) is 0 Å². The summed E-state index contributed by atoms with van der Waals surface area (Å²) in [5.41, 5.74) is 1.08. The molecular formula is C22H16FN3O3S2. The number of Topliss-reactive ketones (excluding diaryl/α,β-unsaturated/α-hetero) is 1. The Kier molecular flexibility index (Phi) is 5.97. The highest BCUT2D eigenvalue weighted by molar-refractivity contribution is 7.99. The molecule has 0 unspecified atom stereocenters. The highest BCUT2D eigenvalue weighted by Gasteiger charge is 2.17. The Morgan fingerprint density at radius 2 is 1.55 bits per heavy atom. The number of halogens is 1. The molecule has 6 nitrogen and oxygen atoms in total. The molecule has 0 radical (unpaired) electrons. The second-order valence-electron chi connectivity index (χ2n) is 6.53. The molecule has 0 amide bonds. The van der Waals surface area contributed by atoms with Crippen LogP contribution in [0.4, 0.5) is 4.39 Å². The number of aromatic nitrogens is 3. The second-order valence-corrected chi connectivity index (χ2v) is 9.42. The lowest BCUT2D eigenvalue weighted by molar-refractivity contribution is 0.102. The van der Waals surface area contributed by atoms with E-state index < -0.39 is 15.7 Å². The number of rotatable bonds is 7. The van der Waals surface area contributed by atoms with E-state index >= 15 is 0 Å². The van der Waals surface area contributed by atoms with E-state index in [0.717, 1.165) is 11.8 Å². The molecule has 0 aliphatic rings. The number of hydrogen-bond donors (Lipinski definition) is 1. The maximum absolute atomic E-state index is 13.0. The average Bonchev–Trinajstić information content (AvgIpc) is 3.28. The van der Waals surface area contributed by atoms with E-state index in [9.17, 15) is 17.6 Å². The monoisotopic (exact) mass is 453 g/mol. The summed E-state index contributed by atoms with van der Waals surface area (Å²) in [6.07, 6.45) is 0. The quantitative estimate of drug-likeness (QED) is 0.329. The number of H-pyrrole nitrogens is 1. The highest BCUT2D eigenvalue weighted by atomic mass is 32.2. The summed E-state index contributed by atoms with van der Waals surface area (Å²) in [6, 6.07) is 19.9. The van der Waals surface area contributed by atoms with Gasteiger partial charge in [-0.05, 0) is 60.7 Å². The summed E-state index contributed by atoms with van der Waals surface area (Å²) < 4.78 is 38.3. The standard InChI is InChI=1S/C22H16FN3O3S2/c23-17-10-6-15(7-11-17)20(27)14-30-22-24-21(25-26-22)16-8-12-19(13-9-16)31(28,29)18-4-2-1-3-5-18/h1-13H,14H2,(H,24,25,26). The van der Waals surface area contributed by atoms with Crippen molar-refractivity contribution in [2.45, 2.75) is 14.9 Å². The van der Waals surface area contributed by atoms with Crippen LogP contribution in [-0.4, -0.2) is 35.1 Å². The third kappa shape index (κ3) is 4.73. The van der Waals surface area contributed by atoms with E-state index in [2.05, 4.69) is 15.2 Å². The van der Waals surface area contributed by atoms with Gasteiger partial charge < -0.3 is 0 Å². The van der Waals surface area contributed by atoms with Crippen LogP contribution in [0.2, 0.25) is 0 Å². The van der Waals surface area contributed by atoms with Crippen LogP contribution in [0.25, 0.3) is 11.4 Å². The minimum atomic E-state index is -3.59. The number of carbonyl (C=O) groups excluding carboxylic acids is 1. The van der Waals surface area contributed by atoms with Crippen molar-refractivity contribution in [2.75, 3.05) is 5.75 Å². The van der Waals surface area contributed by atoms with Crippen molar-refractivity contribution in [2.24, 2.45) is 0 Å². The number of benzene rings is 3. The Balaban J connectivity index is 1.44. The van der Waals surface area contributed by atoms with Crippen molar-refractivity contribution < 1.29 is 17.6 Å². The average molecular weight is 454 g/mol. The fraction of sp³-hybridized carbons (Fsp3) is 0.0455. The van der Waals surface area contributed by atoms with Gasteiger partial charge in [0.1, 0.15) is 5.82 Å². The first kappa shape index (κ1) is 21.0. The van der Waals surface area contributed by atoms with Gasteiger partial charge in [-0.3, -0.25) is 9.89 Å². The summed E-state index contributed by atoms with van der Waals surface area (Å²) >= 11 is 1.16. The number of nitrogens with one attached hydrogen (secondary N) is 1. The van der Waals surface area contributed by atoms with E-state index in [1.54, 1.807) is 42.5 Å². The molecule has 31 heavy (non-hydrogen) atoms. The van der Waals surface area contributed by atoms with Crippen LogP contribution in [0.5, 0.6) is 0 Å². The minimum Gasteiger partial charge on any atom is -0.293 e. The van der Waals surface area contributed by atoms with Crippen molar-refractivity contribution in [1.82, 2.24) is 15.2 Å². The first-order chi connectivity index (χ1) is 14.9. The number of thioether (sulfide) groups is 1. The summed E-state index contributed by atoms with van der Waals surface area (Å²) in [4.78, 5) is 16.9. The van der Waals surface area contributed by atoms with Crippen molar-refractivity contribution in [1.29, 1.82) is 0 Å². The number of hydrogen-bond acceptors (Lipinski definition) is 6. The molecule has 0 spiro atoms. The lowest BCUT2D eigenvalue weighted by Gasteiger charge is -2.05. The van der Waals surface area contributed by atoms with Crippen molar-refractivity contribution in [3.63, 3.8) is 0 Å². The van der Waals surface area contributed by atoms with Gasteiger partial charge >= 0.3 is 0 Å². The normalized spacial score (nSPS) is 11.4. The molecule has 1 aromatic heterocycles. The van der Waals surface area contributed by atoms with Crippen LogP contribution < -0.4 is 0 Å². The van der Waals surface area contributed by atoms with Gasteiger partial charge in [0, 0.05) is 11.1 Å². The Bertz CT molecular complexity index is 1300. The van der Waals surface area contributed by atoms with Gasteiger partial charge in [-0.25, -0.2) is 17.8 Å². The van der Waals surface area contributed by atoms with E-state index in [1.807, 2.05) is 0 Å². The number of aromatic amines is 1. The smallest absolute Gasteiger partial charge is 0.209 e. The molecule has 0 atom stereocenters. The Morgan fingerprint density at radius 3 is 2.23 bits per heavy atom. The Labute approximate surface area is 182 Å². The highest BCUT2D eigenvalue weighted by Crippen LogP contribution is 2.25. The van der Waals surface area contributed by atoms with Gasteiger partial charge in [-0.2, -0.15) is 0 Å². The molecule has 0 fully saturated rings. The molecule has 1 N–H and O–H groups in total. The second kappa shape index (κ2) is 8.83. The predicted octanol–water partition coefficient (Wildman–Crippen LogP) is 4.42. The van der Waals surface area contributed by atoms with E-state index in [0.29, 0.717) is 22.1 Å². The zero-order valence-corrected chi connectivity index (χ0v) is 17.7. The van der Waals surface area contributed by atoms with E-state index in [1.165, 1.54) is 36.4 Å². The molecule has 3 aromatic carbocycles. The predicted molar refractivity (Wildman–Crippen MR) is 115 cm³/mol. The summed E-state index contributed by atoms with van der Waals surface area (Å²) in [5.74, 6) is 0.00888. The van der Waals surface area contributed by atoms with Gasteiger partial charge in [-0.15, -0.1) is 5.10 Å². The van der Waals surface area contributed by atoms with Crippen LogP contribution in [0.1, 0.15) is 10.4 Å². The number of ketones is 1. The van der Waals surface area contributed by atoms with Crippen LogP contribution in [0.15, 0.2) is 93.8 Å². The molecule has 0 saturated carbocycles. The molecule has 9 heteroatoms. The Morgan fingerprint density at radius 1 is 0.903 bits per heavy atom. The fourth-order valence-electron chi connectivity index (χ4n) is 2.82. The van der Waals surface area contributed by atoms with Gasteiger partial charge in [0.2, 0.25) is 15.0 Å². The fourth-order valence-corrected chi connectivity index (χ4v) is 4.79. The molecule has 0 aliphatic carbocycles. The summed E-state index contributed by atoms with van der Waals surface area (Å²) in [5, 5.41) is 7.26. The topological polar surface area (TPSA) is 92.8 Å². The number of carbonyl (C=O) groups is 1. The molecule has 0 saturated heterocycles. The molecule has 4 aromatic rings. The van der Waals surface area contributed by atoms with Crippen LogP contribution in [-0.2, 0) is 9.84 Å². The number of nitrogens with zero attached hydrogens (tertiary/aromatic N) is 2. The van der Waals surface area contributed by atoms with Crippen LogP contribution >= 0.6 is 11.8 Å². The van der Waals surface area contributed by atoms with Gasteiger partial charge in [0.05, 0.1) is 15.5 Å². The zero-order chi connectivity index (χ0) is 21.8. The molecule has 4 rings (SSSR count). The maximum atomic E-state index is 13.0. The SMILES string of the molecule is O=C(CSc1n[nH]c(-c2ccc(S(=O)(=O)c3ccccc3)cc2)n1)c1ccc(F)cc1. The van der Waals surface area contributed by atoms with Crippen molar-refractivity contribution in [3.8, 4) is 11.4 Å². The number of sulfone groups is 1. The molecule has 156 valence electrons. The molecule has 1 heterocycles. The lowest BCUT2D eigenvalue weighted by Crippen LogP contribution is -2.02. The molecule has 0 aliphatic heterocycles. The Hall–Kier alpha value is -3.30. The van der Waals surface area contributed by atoms with Crippen LogP contribution in [0.3, 0.4) is 0 Å². The van der Waals surface area contributed by atoms with Gasteiger partial charge in [-0.1, -0.05) is 30.0 Å². The van der Waals surface area contributed by atoms with Crippen molar-refractivity contribution in [3.05, 3.63) is 90.2 Å². The first-order valence-corrected chi connectivity index (χ1v) is 11.6. The third-order valence-corrected chi connectivity index (χ3v) is 7.09. The molecular weight excluding hydrogens is 437 g/mol. The van der Waals surface area contributed by atoms with E-state index in [4.69, 9.17) is 0 Å². The summed E-state index contributed by atoms with van der Waals surface area (Å²) in [7, 11) is -3.59. The maximum Gasteiger partial charge on any atom is 0.209 e. The lowest BCUT2D eigenvalue weighted by atomic mass is 10.1. The zero-order valence-electron chi connectivity index (χ0n) is 16.0. The van der Waals surface area contributed by atoms with Gasteiger partial charge in [0.15, 0.2) is 11.6 Å². The van der Waals surface area contributed by atoms with E-state index in [-0.39, 0.29) is 21.3 Å². The third-order valence-electron chi connectivity index (χ3n) is 4.46. The van der Waals surface area contributed by atoms with Crippen LogP contribution in [0, 0.1) is 5.82 Å². The molecule has 0 bridgehead atoms.